The van der Waals surface area contributed by atoms with Gasteiger partial charge in [0.25, 0.3) is 0 Å². The van der Waals surface area contributed by atoms with Crippen LogP contribution in [-0.2, 0) is 0 Å². The number of aryl methyl sites for hydroxylation is 1. The van der Waals surface area contributed by atoms with E-state index in [2.05, 4.69) is 44.4 Å². The molecule has 1 rings (SSSR count). The Bertz CT molecular complexity index is 258. The molecule has 1 atom stereocenters. The van der Waals surface area contributed by atoms with E-state index in [0.717, 1.165) is 6.42 Å². The second kappa shape index (κ2) is 4.46. The van der Waals surface area contributed by atoms with E-state index in [9.17, 15) is 0 Å². The van der Waals surface area contributed by atoms with Crippen molar-refractivity contribution in [3.8, 4) is 0 Å². The molecular formula is C11H16S. The molecule has 0 spiro atoms. The van der Waals surface area contributed by atoms with Crippen molar-refractivity contribution in [1.82, 2.24) is 0 Å². The van der Waals surface area contributed by atoms with Crippen LogP contribution in [-0.4, -0.2) is 0 Å². The number of thiophene rings is 1. The van der Waals surface area contributed by atoms with Crippen LogP contribution in [0.25, 0.3) is 0 Å². The van der Waals surface area contributed by atoms with Crippen LogP contribution >= 0.6 is 11.3 Å². The maximum absolute atomic E-state index is 2.29. The first kappa shape index (κ1) is 9.53. The van der Waals surface area contributed by atoms with Crippen molar-refractivity contribution in [2.24, 2.45) is 0 Å². The lowest BCUT2D eigenvalue weighted by Crippen LogP contribution is -1.89. The average molecular weight is 180 g/mol. The number of rotatable bonds is 3. The SMILES string of the molecule is C/C=C\CC(C)c1sccc1C. The molecule has 1 aromatic heterocycles. The third kappa shape index (κ3) is 2.21. The normalized spacial score (nSPS) is 13.9. The zero-order valence-electron chi connectivity index (χ0n) is 8.00. The molecule has 0 aliphatic rings. The van der Waals surface area contributed by atoms with Crippen molar-refractivity contribution in [3.63, 3.8) is 0 Å². The van der Waals surface area contributed by atoms with Crippen LogP contribution in [0.2, 0.25) is 0 Å². The van der Waals surface area contributed by atoms with Crippen molar-refractivity contribution >= 4 is 11.3 Å². The van der Waals surface area contributed by atoms with Gasteiger partial charge in [-0.15, -0.1) is 11.3 Å². The van der Waals surface area contributed by atoms with Crippen LogP contribution in [0.4, 0.5) is 0 Å². The molecule has 0 N–H and O–H groups in total. The molecule has 1 unspecified atom stereocenters. The zero-order chi connectivity index (χ0) is 8.97. The van der Waals surface area contributed by atoms with Gasteiger partial charge < -0.3 is 0 Å². The van der Waals surface area contributed by atoms with Gasteiger partial charge in [0.1, 0.15) is 0 Å². The van der Waals surface area contributed by atoms with Gasteiger partial charge in [0.05, 0.1) is 0 Å². The highest BCUT2D eigenvalue weighted by atomic mass is 32.1. The lowest BCUT2D eigenvalue weighted by atomic mass is 10.0. The molecule has 0 radical (unpaired) electrons. The summed E-state index contributed by atoms with van der Waals surface area (Å²) >= 11 is 1.87. The molecule has 0 aromatic carbocycles. The largest absolute Gasteiger partial charge is 0.148 e. The molecule has 1 aromatic rings. The molecule has 0 saturated carbocycles. The predicted octanol–water partition coefficient (Wildman–Crippen LogP) is 4.13. The van der Waals surface area contributed by atoms with Gasteiger partial charge in [0.2, 0.25) is 0 Å². The third-order valence-corrected chi connectivity index (χ3v) is 3.33. The van der Waals surface area contributed by atoms with E-state index in [1.807, 2.05) is 11.3 Å². The first-order valence-electron chi connectivity index (χ1n) is 4.41. The van der Waals surface area contributed by atoms with Crippen LogP contribution < -0.4 is 0 Å². The quantitative estimate of drug-likeness (QED) is 0.614. The Balaban J connectivity index is 2.64. The van der Waals surface area contributed by atoms with E-state index in [1.165, 1.54) is 10.4 Å². The summed E-state index contributed by atoms with van der Waals surface area (Å²) in [6.07, 6.45) is 5.53. The Hall–Kier alpha value is -0.560. The standard InChI is InChI=1S/C11H16S/c1-4-5-6-9(2)11-10(3)7-8-12-11/h4-5,7-9H,6H2,1-3H3/b5-4-. The molecule has 0 fully saturated rings. The highest BCUT2D eigenvalue weighted by Gasteiger charge is 2.07. The minimum atomic E-state index is 0.682. The van der Waals surface area contributed by atoms with E-state index in [4.69, 9.17) is 0 Å². The Kier molecular flexibility index (Phi) is 3.54. The minimum Gasteiger partial charge on any atom is -0.148 e. The van der Waals surface area contributed by atoms with Crippen molar-refractivity contribution in [2.45, 2.75) is 33.1 Å². The fourth-order valence-electron chi connectivity index (χ4n) is 1.34. The van der Waals surface area contributed by atoms with Crippen molar-refractivity contribution in [1.29, 1.82) is 0 Å². The molecule has 0 aliphatic heterocycles. The van der Waals surface area contributed by atoms with Gasteiger partial charge in [-0.2, -0.15) is 0 Å². The molecule has 1 heterocycles. The lowest BCUT2D eigenvalue weighted by Gasteiger charge is -2.06. The predicted molar refractivity (Wildman–Crippen MR) is 56.9 cm³/mol. The topological polar surface area (TPSA) is 0 Å². The summed E-state index contributed by atoms with van der Waals surface area (Å²) in [6.45, 7) is 6.56. The van der Waals surface area contributed by atoms with E-state index >= 15 is 0 Å². The molecule has 12 heavy (non-hydrogen) atoms. The van der Waals surface area contributed by atoms with Gasteiger partial charge in [0.15, 0.2) is 0 Å². The van der Waals surface area contributed by atoms with Crippen LogP contribution in [0.15, 0.2) is 23.6 Å². The average Bonchev–Trinajstić information content (AvgIpc) is 2.47. The molecule has 0 saturated heterocycles. The van der Waals surface area contributed by atoms with Crippen LogP contribution in [0.5, 0.6) is 0 Å². The van der Waals surface area contributed by atoms with E-state index in [1.54, 1.807) is 0 Å². The Morgan fingerprint density at radius 3 is 2.83 bits per heavy atom. The van der Waals surface area contributed by atoms with Crippen molar-refractivity contribution < 1.29 is 0 Å². The molecule has 0 aliphatic carbocycles. The molecular weight excluding hydrogens is 164 g/mol. The van der Waals surface area contributed by atoms with E-state index in [0.29, 0.717) is 5.92 Å². The lowest BCUT2D eigenvalue weighted by molar-refractivity contribution is 0.791. The number of hydrogen-bond acceptors (Lipinski definition) is 1. The Morgan fingerprint density at radius 1 is 1.58 bits per heavy atom. The van der Waals surface area contributed by atoms with E-state index in [-0.39, 0.29) is 0 Å². The molecule has 0 bridgehead atoms. The fourth-order valence-corrected chi connectivity index (χ4v) is 2.34. The first-order valence-corrected chi connectivity index (χ1v) is 5.28. The summed E-state index contributed by atoms with van der Waals surface area (Å²) in [7, 11) is 0. The fraction of sp³-hybridized carbons (Fsp3) is 0.455. The molecule has 0 nitrogen and oxygen atoms in total. The van der Waals surface area contributed by atoms with E-state index < -0.39 is 0 Å². The van der Waals surface area contributed by atoms with Crippen LogP contribution in [0, 0.1) is 6.92 Å². The van der Waals surface area contributed by atoms with Gasteiger partial charge in [-0.25, -0.2) is 0 Å². The number of hydrogen-bond donors (Lipinski definition) is 0. The van der Waals surface area contributed by atoms with Gasteiger partial charge in [-0.3, -0.25) is 0 Å². The van der Waals surface area contributed by atoms with Crippen LogP contribution in [0.1, 0.15) is 36.6 Å². The summed E-state index contributed by atoms with van der Waals surface area (Å²) in [4.78, 5) is 1.54. The van der Waals surface area contributed by atoms with Gasteiger partial charge >= 0.3 is 0 Å². The monoisotopic (exact) mass is 180 g/mol. The summed E-state index contributed by atoms with van der Waals surface area (Å²) in [5, 5.41) is 2.18. The van der Waals surface area contributed by atoms with Gasteiger partial charge in [0, 0.05) is 4.88 Å². The summed E-state index contributed by atoms with van der Waals surface area (Å²) in [5.41, 5.74) is 1.44. The van der Waals surface area contributed by atoms with Gasteiger partial charge in [-0.1, -0.05) is 19.1 Å². The molecule has 0 amide bonds. The summed E-state index contributed by atoms with van der Waals surface area (Å²) in [5.74, 6) is 0.682. The summed E-state index contributed by atoms with van der Waals surface area (Å²) < 4.78 is 0. The Labute approximate surface area is 78.9 Å². The third-order valence-electron chi connectivity index (χ3n) is 2.07. The highest BCUT2D eigenvalue weighted by Crippen LogP contribution is 2.27. The minimum absolute atomic E-state index is 0.682. The number of allylic oxidation sites excluding steroid dienone is 2. The highest BCUT2D eigenvalue weighted by molar-refractivity contribution is 7.10. The summed E-state index contributed by atoms with van der Waals surface area (Å²) in [6, 6.07) is 2.20. The maximum Gasteiger partial charge on any atom is 0.0106 e. The van der Waals surface area contributed by atoms with Crippen LogP contribution in [0.3, 0.4) is 0 Å². The molecule has 66 valence electrons. The van der Waals surface area contributed by atoms with Gasteiger partial charge in [-0.05, 0) is 43.2 Å². The Morgan fingerprint density at radius 2 is 2.33 bits per heavy atom. The smallest absolute Gasteiger partial charge is 0.0106 e. The molecule has 1 heteroatoms. The zero-order valence-corrected chi connectivity index (χ0v) is 8.82. The second-order valence-corrected chi connectivity index (χ2v) is 4.12. The van der Waals surface area contributed by atoms with Crippen molar-refractivity contribution in [2.75, 3.05) is 0 Å². The first-order chi connectivity index (χ1) is 5.75. The second-order valence-electron chi connectivity index (χ2n) is 3.17. The maximum atomic E-state index is 2.29. The van der Waals surface area contributed by atoms with Crippen molar-refractivity contribution in [3.05, 3.63) is 34.0 Å².